The highest BCUT2D eigenvalue weighted by molar-refractivity contribution is 5.44. The number of methoxy groups -OCH3 is 1. The molecule has 4 heteroatoms. The van der Waals surface area contributed by atoms with Crippen LogP contribution < -0.4 is 0 Å². The van der Waals surface area contributed by atoms with Gasteiger partial charge in [0.25, 0.3) is 0 Å². The second-order valence-electron chi connectivity index (χ2n) is 5.79. The molecule has 2 atom stereocenters. The molecule has 0 amide bonds. The van der Waals surface area contributed by atoms with Crippen molar-refractivity contribution in [1.29, 1.82) is 0 Å². The zero-order valence-corrected chi connectivity index (χ0v) is 12.8. The Labute approximate surface area is 121 Å². The SMILES string of the molecule is CO[C@H]1CN(Cc2c(C)cc(C)c(CO)c2C)C[C@@H]1O. The minimum Gasteiger partial charge on any atom is -0.392 e. The lowest BCUT2D eigenvalue weighted by Gasteiger charge is -2.21. The first-order valence-electron chi connectivity index (χ1n) is 7.10. The first-order valence-corrected chi connectivity index (χ1v) is 7.10. The molecule has 0 aliphatic carbocycles. The van der Waals surface area contributed by atoms with Gasteiger partial charge in [-0.05, 0) is 48.6 Å². The van der Waals surface area contributed by atoms with Crippen LogP contribution in [0.25, 0.3) is 0 Å². The van der Waals surface area contributed by atoms with E-state index < -0.39 is 6.10 Å². The number of aryl methyl sites for hydroxylation is 2. The van der Waals surface area contributed by atoms with Crippen molar-refractivity contribution >= 4 is 0 Å². The van der Waals surface area contributed by atoms with E-state index in [0.29, 0.717) is 6.54 Å². The molecule has 0 aromatic heterocycles. The number of ether oxygens (including phenoxy) is 1. The predicted molar refractivity (Wildman–Crippen MR) is 78.7 cm³/mol. The Kier molecular flexibility index (Phi) is 4.81. The molecule has 1 heterocycles. The molecule has 2 rings (SSSR count). The number of benzene rings is 1. The summed E-state index contributed by atoms with van der Waals surface area (Å²) in [7, 11) is 1.64. The van der Waals surface area contributed by atoms with Crippen molar-refractivity contribution in [3.05, 3.63) is 33.9 Å². The van der Waals surface area contributed by atoms with E-state index in [0.717, 1.165) is 24.2 Å². The minimum atomic E-state index is -0.414. The summed E-state index contributed by atoms with van der Waals surface area (Å²) in [6.07, 6.45) is -0.512. The van der Waals surface area contributed by atoms with Crippen LogP contribution in [-0.4, -0.2) is 47.5 Å². The van der Waals surface area contributed by atoms with E-state index in [1.54, 1.807) is 7.11 Å². The normalized spacial score (nSPS) is 23.5. The van der Waals surface area contributed by atoms with Crippen molar-refractivity contribution in [2.45, 2.75) is 46.1 Å². The zero-order chi connectivity index (χ0) is 14.9. The molecule has 0 bridgehead atoms. The van der Waals surface area contributed by atoms with E-state index in [9.17, 15) is 10.2 Å². The summed E-state index contributed by atoms with van der Waals surface area (Å²) in [5, 5.41) is 19.4. The number of nitrogens with zero attached hydrogens (tertiary/aromatic N) is 1. The fraction of sp³-hybridized carbons (Fsp3) is 0.625. The van der Waals surface area contributed by atoms with E-state index >= 15 is 0 Å². The van der Waals surface area contributed by atoms with Gasteiger partial charge >= 0.3 is 0 Å². The van der Waals surface area contributed by atoms with E-state index in [1.807, 2.05) is 6.92 Å². The van der Waals surface area contributed by atoms with Crippen LogP contribution in [0.1, 0.15) is 27.8 Å². The van der Waals surface area contributed by atoms with Gasteiger partial charge in [0.2, 0.25) is 0 Å². The summed E-state index contributed by atoms with van der Waals surface area (Å²) in [5.74, 6) is 0. The molecule has 20 heavy (non-hydrogen) atoms. The second kappa shape index (κ2) is 6.22. The molecule has 0 radical (unpaired) electrons. The summed E-state index contributed by atoms with van der Waals surface area (Å²) >= 11 is 0. The van der Waals surface area contributed by atoms with Crippen LogP contribution in [0.15, 0.2) is 6.07 Å². The largest absolute Gasteiger partial charge is 0.392 e. The Hall–Kier alpha value is -0.940. The van der Waals surface area contributed by atoms with Gasteiger partial charge in [-0.15, -0.1) is 0 Å². The van der Waals surface area contributed by atoms with E-state index in [-0.39, 0.29) is 12.7 Å². The predicted octanol–water partition coefficient (Wildman–Crippen LogP) is 1.30. The van der Waals surface area contributed by atoms with Gasteiger partial charge in [-0.2, -0.15) is 0 Å². The van der Waals surface area contributed by atoms with Crippen LogP contribution in [0.4, 0.5) is 0 Å². The van der Waals surface area contributed by atoms with Crippen molar-refractivity contribution in [1.82, 2.24) is 4.90 Å². The number of rotatable bonds is 4. The summed E-state index contributed by atoms with van der Waals surface area (Å²) in [5.41, 5.74) is 5.83. The van der Waals surface area contributed by atoms with Crippen molar-refractivity contribution in [3.63, 3.8) is 0 Å². The van der Waals surface area contributed by atoms with Gasteiger partial charge < -0.3 is 14.9 Å². The Morgan fingerprint density at radius 2 is 1.85 bits per heavy atom. The Morgan fingerprint density at radius 1 is 1.20 bits per heavy atom. The number of hydrogen-bond acceptors (Lipinski definition) is 4. The Morgan fingerprint density at radius 3 is 2.40 bits per heavy atom. The third kappa shape index (κ3) is 2.88. The van der Waals surface area contributed by atoms with Gasteiger partial charge in [-0.3, -0.25) is 4.90 Å². The first kappa shape index (κ1) is 15.4. The molecule has 1 aliphatic rings. The fourth-order valence-corrected chi connectivity index (χ4v) is 3.18. The topological polar surface area (TPSA) is 52.9 Å². The maximum atomic E-state index is 9.91. The molecule has 1 fully saturated rings. The number of aliphatic hydroxyl groups excluding tert-OH is 2. The average molecular weight is 279 g/mol. The molecule has 1 saturated heterocycles. The summed E-state index contributed by atoms with van der Waals surface area (Å²) in [6.45, 7) is 8.47. The number of aliphatic hydroxyl groups is 2. The van der Waals surface area contributed by atoms with Gasteiger partial charge in [0.1, 0.15) is 0 Å². The van der Waals surface area contributed by atoms with Gasteiger partial charge in [0.15, 0.2) is 0 Å². The van der Waals surface area contributed by atoms with Gasteiger partial charge in [0, 0.05) is 26.7 Å². The third-order valence-electron chi connectivity index (χ3n) is 4.45. The van der Waals surface area contributed by atoms with Crippen molar-refractivity contribution in [3.8, 4) is 0 Å². The molecular formula is C16H25NO3. The first-order chi connectivity index (χ1) is 9.47. The highest BCUT2D eigenvalue weighted by Crippen LogP contribution is 2.25. The van der Waals surface area contributed by atoms with Crippen LogP contribution in [0.5, 0.6) is 0 Å². The lowest BCUT2D eigenvalue weighted by molar-refractivity contribution is 0.0215. The highest BCUT2D eigenvalue weighted by atomic mass is 16.5. The molecule has 112 valence electrons. The summed E-state index contributed by atoms with van der Waals surface area (Å²) in [4.78, 5) is 2.21. The maximum Gasteiger partial charge on any atom is 0.0969 e. The molecule has 1 aromatic rings. The summed E-state index contributed by atoms with van der Waals surface area (Å²) in [6, 6.07) is 2.13. The van der Waals surface area contributed by atoms with E-state index in [2.05, 4.69) is 24.8 Å². The van der Waals surface area contributed by atoms with E-state index in [1.165, 1.54) is 16.7 Å². The van der Waals surface area contributed by atoms with Crippen LogP contribution in [0, 0.1) is 20.8 Å². The Balaban J connectivity index is 2.22. The lowest BCUT2D eigenvalue weighted by Crippen LogP contribution is -2.25. The van der Waals surface area contributed by atoms with Crippen LogP contribution in [-0.2, 0) is 17.9 Å². The monoisotopic (exact) mass is 279 g/mol. The molecule has 1 aromatic carbocycles. The number of β-amino-alcohol motifs (C(OH)–C–C–N with tert-alkyl or cyclic N) is 1. The second-order valence-corrected chi connectivity index (χ2v) is 5.79. The molecule has 0 spiro atoms. The smallest absolute Gasteiger partial charge is 0.0969 e. The van der Waals surface area contributed by atoms with E-state index in [4.69, 9.17) is 4.74 Å². The average Bonchev–Trinajstić information content (AvgIpc) is 2.75. The minimum absolute atomic E-state index is 0.0776. The molecule has 1 aliphatic heterocycles. The quantitative estimate of drug-likeness (QED) is 0.872. The summed E-state index contributed by atoms with van der Waals surface area (Å²) < 4.78 is 5.28. The van der Waals surface area contributed by atoms with Crippen LogP contribution in [0.3, 0.4) is 0 Å². The van der Waals surface area contributed by atoms with Crippen LogP contribution >= 0.6 is 0 Å². The van der Waals surface area contributed by atoms with Gasteiger partial charge in [-0.1, -0.05) is 6.07 Å². The number of hydrogen-bond donors (Lipinski definition) is 2. The Bertz CT molecular complexity index is 487. The van der Waals surface area contributed by atoms with Crippen molar-refractivity contribution < 1.29 is 14.9 Å². The van der Waals surface area contributed by atoms with Gasteiger partial charge in [0.05, 0.1) is 18.8 Å². The van der Waals surface area contributed by atoms with Crippen LogP contribution in [0.2, 0.25) is 0 Å². The standard InChI is InChI=1S/C16H25NO3/c1-10-5-11(2)14(9-18)12(3)13(10)6-17-7-15(19)16(8-17)20-4/h5,15-16,18-19H,6-9H2,1-4H3/t15-,16-/m0/s1. The highest BCUT2D eigenvalue weighted by Gasteiger charge is 2.31. The maximum absolute atomic E-state index is 9.91. The van der Waals surface area contributed by atoms with Crippen molar-refractivity contribution in [2.75, 3.05) is 20.2 Å². The molecule has 0 saturated carbocycles. The van der Waals surface area contributed by atoms with Crippen molar-refractivity contribution in [2.24, 2.45) is 0 Å². The fourth-order valence-electron chi connectivity index (χ4n) is 3.18. The molecule has 2 N–H and O–H groups in total. The lowest BCUT2D eigenvalue weighted by atomic mass is 9.93. The zero-order valence-electron chi connectivity index (χ0n) is 12.8. The number of likely N-dealkylation sites (tertiary alicyclic amines) is 1. The molecule has 0 unspecified atom stereocenters. The van der Waals surface area contributed by atoms with Gasteiger partial charge in [-0.25, -0.2) is 0 Å². The third-order valence-corrected chi connectivity index (χ3v) is 4.45. The molecule has 4 nitrogen and oxygen atoms in total. The molecular weight excluding hydrogens is 254 g/mol.